The van der Waals surface area contributed by atoms with Gasteiger partial charge < -0.3 is 5.32 Å². The van der Waals surface area contributed by atoms with Crippen molar-refractivity contribution in [1.29, 1.82) is 0 Å². The smallest absolute Gasteiger partial charge is 0.268 e. The van der Waals surface area contributed by atoms with E-state index in [4.69, 9.17) is 0 Å². The molecule has 0 unspecified atom stereocenters. The van der Waals surface area contributed by atoms with Crippen molar-refractivity contribution < 1.29 is 9.59 Å². The molecule has 1 saturated carbocycles. The molecule has 0 atom stereocenters. The van der Waals surface area contributed by atoms with Gasteiger partial charge in [-0.3, -0.25) is 14.5 Å². The Morgan fingerprint density at radius 2 is 1.76 bits per heavy atom. The van der Waals surface area contributed by atoms with Crippen LogP contribution in [0.15, 0.2) is 60.7 Å². The summed E-state index contributed by atoms with van der Waals surface area (Å²) in [5, 5.41) is 8.75. The zero-order chi connectivity index (χ0) is 23.7. The first kappa shape index (κ1) is 22.3. The number of benzene rings is 2. The van der Waals surface area contributed by atoms with E-state index in [1.807, 2.05) is 79.2 Å². The van der Waals surface area contributed by atoms with E-state index < -0.39 is 0 Å². The quantitative estimate of drug-likeness (QED) is 0.408. The molecule has 1 aliphatic rings. The van der Waals surface area contributed by atoms with Gasteiger partial charge in [-0.1, -0.05) is 48.7 Å². The lowest BCUT2D eigenvalue weighted by atomic mass is 10.2. The number of carbonyl (C=O) groups excluding carboxylic acids is 2. The lowest BCUT2D eigenvalue weighted by molar-refractivity contribution is -0.120. The number of nitrogens with zero attached hydrogens (tertiary/aromatic N) is 3. The molecule has 0 radical (unpaired) electrons. The van der Waals surface area contributed by atoms with Gasteiger partial charge in [0.15, 0.2) is 0 Å². The molecule has 2 amide bonds. The SMILES string of the molecule is Cc1ccc(N(CC(=O)NC2CCCC2)C(=O)c2cc3c(C)nn(-c4ccccc4)c3s2)cc1. The van der Waals surface area contributed by atoms with Crippen LogP contribution in [0.2, 0.25) is 0 Å². The number of aryl methyl sites for hydroxylation is 2. The molecule has 0 aliphatic heterocycles. The average molecular weight is 473 g/mol. The molecule has 5 rings (SSSR count). The monoisotopic (exact) mass is 472 g/mol. The number of nitrogens with one attached hydrogen (secondary N) is 1. The van der Waals surface area contributed by atoms with E-state index >= 15 is 0 Å². The molecule has 2 aromatic carbocycles. The second-order valence-electron chi connectivity index (χ2n) is 8.94. The molecular formula is C27H28N4O2S. The standard InChI is InChI=1S/C27H28N4O2S/c1-18-12-14-21(15-13-18)30(17-25(32)28-20-8-6-7-9-20)26(33)24-16-23-19(2)29-31(27(23)34-24)22-10-4-3-5-11-22/h3-5,10-16,20H,6-9,17H2,1-2H3,(H,28,32). The second kappa shape index (κ2) is 9.43. The predicted octanol–water partition coefficient (Wildman–Crippen LogP) is 5.41. The van der Waals surface area contributed by atoms with E-state index in [2.05, 4.69) is 10.4 Å². The highest BCUT2D eigenvalue weighted by Gasteiger charge is 2.26. The van der Waals surface area contributed by atoms with Gasteiger partial charge in [-0.25, -0.2) is 4.68 Å². The normalized spacial score (nSPS) is 13.9. The van der Waals surface area contributed by atoms with Crippen LogP contribution in [0.3, 0.4) is 0 Å². The highest BCUT2D eigenvalue weighted by atomic mass is 32.1. The number of amides is 2. The van der Waals surface area contributed by atoms with E-state index in [1.54, 1.807) is 4.90 Å². The topological polar surface area (TPSA) is 67.2 Å². The third kappa shape index (κ3) is 4.48. The molecule has 1 aliphatic carbocycles. The number of para-hydroxylation sites is 1. The summed E-state index contributed by atoms with van der Waals surface area (Å²) in [6, 6.07) is 19.8. The summed E-state index contributed by atoms with van der Waals surface area (Å²) < 4.78 is 1.88. The van der Waals surface area contributed by atoms with Crippen molar-refractivity contribution >= 4 is 39.1 Å². The van der Waals surface area contributed by atoms with Crippen LogP contribution in [0.4, 0.5) is 5.69 Å². The Hall–Kier alpha value is -3.45. The number of thiophene rings is 1. The number of rotatable bonds is 6. The van der Waals surface area contributed by atoms with Gasteiger partial charge >= 0.3 is 0 Å². The first-order valence-corrected chi connectivity index (χ1v) is 12.5. The van der Waals surface area contributed by atoms with Crippen LogP contribution in [0.1, 0.15) is 46.6 Å². The molecule has 1 N–H and O–H groups in total. The Morgan fingerprint density at radius 3 is 2.47 bits per heavy atom. The Kier molecular flexibility index (Phi) is 6.20. The summed E-state index contributed by atoms with van der Waals surface area (Å²) in [5.74, 6) is -0.292. The van der Waals surface area contributed by atoms with E-state index in [-0.39, 0.29) is 24.4 Å². The summed E-state index contributed by atoms with van der Waals surface area (Å²) >= 11 is 1.41. The average Bonchev–Trinajstić information content (AvgIpc) is 3.57. The first-order valence-electron chi connectivity index (χ1n) is 11.7. The van der Waals surface area contributed by atoms with E-state index in [0.29, 0.717) is 4.88 Å². The zero-order valence-electron chi connectivity index (χ0n) is 19.5. The van der Waals surface area contributed by atoms with E-state index in [0.717, 1.165) is 58.5 Å². The Morgan fingerprint density at radius 1 is 1.06 bits per heavy atom. The fourth-order valence-corrected chi connectivity index (χ4v) is 5.65. The minimum absolute atomic E-state index is 0.00354. The third-order valence-corrected chi connectivity index (χ3v) is 7.47. The van der Waals surface area contributed by atoms with E-state index in [9.17, 15) is 9.59 Å². The second-order valence-corrected chi connectivity index (χ2v) is 9.97. The van der Waals surface area contributed by atoms with Crippen LogP contribution in [-0.2, 0) is 4.79 Å². The van der Waals surface area contributed by atoms with Gasteiger partial charge in [0.1, 0.15) is 11.4 Å². The summed E-state index contributed by atoms with van der Waals surface area (Å²) in [6.07, 6.45) is 4.31. The molecule has 4 aromatic rings. The molecule has 7 heteroatoms. The largest absolute Gasteiger partial charge is 0.352 e. The Balaban J connectivity index is 1.47. The number of aromatic nitrogens is 2. The lowest BCUT2D eigenvalue weighted by Gasteiger charge is -2.23. The molecule has 0 saturated heterocycles. The molecule has 2 heterocycles. The van der Waals surface area contributed by atoms with Crippen LogP contribution in [0, 0.1) is 13.8 Å². The van der Waals surface area contributed by atoms with Gasteiger partial charge in [-0.15, -0.1) is 11.3 Å². The van der Waals surface area contributed by atoms with Crippen molar-refractivity contribution in [3.63, 3.8) is 0 Å². The van der Waals surface area contributed by atoms with Crippen LogP contribution in [-0.4, -0.2) is 34.2 Å². The summed E-state index contributed by atoms with van der Waals surface area (Å²) in [4.78, 5) is 29.7. The maximum absolute atomic E-state index is 13.8. The van der Waals surface area contributed by atoms with Gasteiger partial charge in [-0.05, 0) is 57.0 Å². The molecule has 174 valence electrons. The minimum Gasteiger partial charge on any atom is -0.352 e. The maximum atomic E-state index is 13.8. The van der Waals surface area contributed by atoms with Crippen LogP contribution in [0.25, 0.3) is 15.9 Å². The first-order chi connectivity index (χ1) is 16.5. The van der Waals surface area contributed by atoms with Crippen molar-refractivity contribution in [2.24, 2.45) is 0 Å². The number of anilines is 1. The van der Waals surface area contributed by atoms with Gasteiger partial charge in [0.05, 0.1) is 16.3 Å². The van der Waals surface area contributed by atoms with Crippen LogP contribution >= 0.6 is 11.3 Å². The lowest BCUT2D eigenvalue weighted by Crippen LogP contribution is -2.43. The summed E-state index contributed by atoms with van der Waals surface area (Å²) in [6.45, 7) is 3.96. The molecule has 0 spiro atoms. The van der Waals surface area contributed by atoms with Crippen molar-refractivity contribution in [3.8, 4) is 5.69 Å². The molecule has 2 aromatic heterocycles. The molecule has 1 fully saturated rings. The van der Waals surface area contributed by atoms with Crippen molar-refractivity contribution in [1.82, 2.24) is 15.1 Å². The Labute approximate surface area is 203 Å². The summed E-state index contributed by atoms with van der Waals surface area (Å²) in [5.41, 5.74) is 3.64. The highest BCUT2D eigenvalue weighted by molar-refractivity contribution is 7.20. The number of hydrogen-bond donors (Lipinski definition) is 1. The Bertz CT molecular complexity index is 1320. The van der Waals surface area contributed by atoms with Gasteiger partial charge in [0.25, 0.3) is 5.91 Å². The van der Waals surface area contributed by atoms with Gasteiger partial charge in [0.2, 0.25) is 5.91 Å². The van der Waals surface area contributed by atoms with E-state index in [1.165, 1.54) is 11.3 Å². The fourth-order valence-electron chi connectivity index (χ4n) is 4.52. The van der Waals surface area contributed by atoms with Crippen molar-refractivity contribution in [3.05, 3.63) is 76.8 Å². The summed E-state index contributed by atoms with van der Waals surface area (Å²) in [7, 11) is 0. The molecular weight excluding hydrogens is 444 g/mol. The maximum Gasteiger partial charge on any atom is 0.268 e. The van der Waals surface area contributed by atoms with Gasteiger partial charge in [0, 0.05) is 17.1 Å². The van der Waals surface area contributed by atoms with Crippen LogP contribution < -0.4 is 10.2 Å². The molecule has 0 bridgehead atoms. The van der Waals surface area contributed by atoms with Crippen molar-refractivity contribution in [2.75, 3.05) is 11.4 Å². The van der Waals surface area contributed by atoms with Crippen molar-refractivity contribution in [2.45, 2.75) is 45.6 Å². The van der Waals surface area contributed by atoms with Gasteiger partial charge in [-0.2, -0.15) is 5.10 Å². The highest BCUT2D eigenvalue weighted by Crippen LogP contribution is 2.32. The minimum atomic E-state index is -0.175. The molecule has 34 heavy (non-hydrogen) atoms. The predicted molar refractivity (Wildman–Crippen MR) is 137 cm³/mol. The zero-order valence-corrected chi connectivity index (χ0v) is 20.3. The number of carbonyl (C=O) groups is 2. The third-order valence-electron chi connectivity index (χ3n) is 6.37. The fraction of sp³-hybridized carbons (Fsp3) is 0.296. The number of hydrogen-bond acceptors (Lipinski definition) is 4. The molecule has 6 nitrogen and oxygen atoms in total. The van der Waals surface area contributed by atoms with Crippen LogP contribution in [0.5, 0.6) is 0 Å². The number of fused-ring (bicyclic) bond motifs is 1.